The summed E-state index contributed by atoms with van der Waals surface area (Å²) in [6, 6.07) is 24.6. The molecular weight excluding hydrogens is 472 g/mol. The van der Waals surface area contributed by atoms with Gasteiger partial charge in [0.15, 0.2) is 0 Å². The number of amides is 1. The average molecular weight is 497 g/mol. The maximum Gasteiger partial charge on any atom is 0.266 e. The lowest BCUT2D eigenvalue weighted by molar-refractivity contribution is -0.112. The molecule has 1 amide bonds. The van der Waals surface area contributed by atoms with Gasteiger partial charge in [-0.2, -0.15) is 10.4 Å². The highest BCUT2D eigenvalue weighted by molar-refractivity contribution is 6.30. The van der Waals surface area contributed by atoms with Gasteiger partial charge in [0.25, 0.3) is 5.91 Å². The first kappa shape index (κ1) is 24.8. The molecule has 36 heavy (non-hydrogen) atoms. The van der Waals surface area contributed by atoms with Crippen molar-refractivity contribution in [2.75, 3.05) is 12.4 Å². The highest BCUT2D eigenvalue weighted by Crippen LogP contribution is 2.27. The molecule has 0 bridgehead atoms. The van der Waals surface area contributed by atoms with Crippen molar-refractivity contribution in [3.63, 3.8) is 0 Å². The summed E-state index contributed by atoms with van der Waals surface area (Å²) in [4.78, 5) is 12.9. The summed E-state index contributed by atoms with van der Waals surface area (Å²) in [5, 5.41) is 18.0. The molecule has 4 rings (SSSR count). The number of aromatic nitrogens is 2. The number of nitrogens with one attached hydrogen (secondary N) is 1. The van der Waals surface area contributed by atoms with Crippen LogP contribution in [-0.2, 0) is 17.8 Å². The summed E-state index contributed by atoms with van der Waals surface area (Å²) in [5.41, 5.74) is 4.95. The van der Waals surface area contributed by atoms with Crippen LogP contribution in [0.3, 0.4) is 0 Å². The van der Waals surface area contributed by atoms with Gasteiger partial charge in [-0.15, -0.1) is 0 Å². The van der Waals surface area contributed by atoms with Crippen molar-refractivity contribution in [2.45, 2.75) is 19.9 Å². The van der Waals surface area contributed by atoms with Gasteiger partial charge in [0.05, 0.1) is 19.3 Å². The van der Waals surface area contributed by atoms with Crippen LogP contribution in [0.1, 0.15) is 23.6 Å². The normalized spacial score (nSPS) is 11.1. The van der Waals surface area contributed by atoms with E-state index in [-0.39, 0.29) is 5.57 Å². The van der Waals surface area contributed by atoms with Gasteiger partial charge in [-0.25, -0.2) is 0 Å². The zero-order valence-electron chi connectivity index (χ0n) is 20.0. The zero-order valence-corrected chi connectivity index (χ0v) is 20.8. The molecule has 3 aromatic carbocycles. The predicted octanol–water partition coefficient (Wildman–Crippen LogP) is 6.37. The number of rotatable bonds is 8. The Morgan fingerprint density at radius 3 is 2.33 bits per heavy atom. The SMILES string of the molecule is CCc1ccc(NC(=O)/C(C#N)=C/c2cn(Cc3ccc(Cl)cc3)nc2-c2ccc(OC)cc2)cc1. The Bertz CT molecular complexity index is 1410. The first-order valence-electron chi connectivity index (χ1n) is 11.5. The molecule has 0 radical (unpaired) electrons. The second kappa shape index (κ2) is 11.4. The van der Waals surface area contributed by atoms with Crippen LogP contribution in [0.15, 0.2) is 84.6 Å². The average Bonchev–Trinajstić information content (AvgIpc) is 3.31. The van der Waals surface area contributed by atoms with Gasteiger partial charge in [0.1, 0.15) is 17.4 Å². The number of nitriles is 1. The van der Waals surface area contributed by atoms with Crippen molar-refractivity contribution in [3.8, 4) is 23.1 Å². The Hall–Kier alpha value is -4.34. The third-order valence-corrected chi connectivity index (χ3v) is 5.95. The Labute approximate surface area is 215 Å². The van der Waals surface area contributed by atoms with Crippen LogP contribution in [0.4, 0.5) is 5.69 Å². The fourth-order valence-electron chi connectivity index (χ4n) is 3.70. The van der Waals surface area contributed by atoms with Crippen LogP contribution in [0.2, 0.25) is 5.02 Å². The number of hydrogen-bond acceptors (Lipinski definition) is 4. The van der Waals surface area contributed by atoms with Crippen LogP contribution in [-0.4, -0.2) is 22.8 Å². The Morgan fingerprint density at radius 1 is 1.06 bits per heavy atom. The highest BCUT2D eigenvalue weighted by Gasteiger charge is 2.15. The molecule has 0 aliphatic rings. The predicted molar refractivity (Wildman–Crippen MR) is 143 cm³/mol. The highest BCUT2D eigenvalue weighted by atomic mass is 35.5. The number of ether oxygens (including phenoxy) is 1. The lowest BCUT2D eigenvalue weighted by atomic mass is 10.1. The molecule has 0 saturated heterocycles. The van der Waals surface area contributed by atoms with Crippen molar-refractivity contribution in [2.24, 2.45) is 0 Å². The number of hydrogen-bond donors (Lipinski definition) is 1. The molecule has 0 spiro atoms. The number of halogens is 1. The molecule has 4 aromatic rings. The van der Waals surface area contributed by atoms with E-state index in [1.807, 2.05) is 85.1 Å². The van der Waals surface area contributed by atoms with Crippen molar-refractivity contribution in [1.29, 1.82) is 5.26 Å². The van der Waals surface area contributed by atoms with E-state index in [1.54, 1.807) is 17.9 Å². The topological polar surface area (TPSA) is 79.9 Å². The summed E-state index contributed by atoms with van der Waals surface area (Å²) in [7, 11) is 1.61. The fourth-order valence-corrected chi connectivity index (χ4v) is 3.83. The number of anilines is 1. The van der Waals surface area contributed by atoms with E-state index >= 15 is 0 Å². The second-order valence-electron chi connectivity index (χ2n) is 8.16. The van der Waals surface area contributed by atoms with Crippen LogP contribution in [0, 0.1) is 11.3 Å². The summed E-state index contributed by atoms with van der Waals surface area (Å²) < 4.78 is 7.05. The number of aryl methyl sites for hydroxylation is 1. The number of carbonyl (C=O) groups excluding carboxylic acids is 1. The Balaban J connectivity index is 1.67. The van der Waals surface area contributed by atoms with Gasteiger partial charge in [0.2, 0.25) is 0 Å². The van der Waals surface area contributed by atoms with Crippen LogP contribution < -0.4 is 10.1 Å². The van der Waals surface area contributed by atoms with Crippen molar-refractivity contribution < 1.29 is 9.53 Å². The van der Waals surface area contributed by atoms with Gasteiger partial charge in [0, 0.05) is 28.0 Å². The molecule has 1 heterocycles. The van der Waals surface area contributed by atoms with E-state index < -0.39 is 5.91 Å². The van der Waals surface area contributed by atoms with E-state index in [1.165, 1.54) is 5.56 Å². The van der Waals surface area contributed by atoms with Gasteiger partial charge < -0.3 is 10.1 Å². The molecule has 0 saturated carbocycles. The van der Waals surface area contributed by atoms with Crippen molar-refractivity contribution >= 4 is 29.3 Å². The van der Waals surface area contributed by atoms with Crippen LogP contribution >= 0.6 is 11.6 Å². The Kier molecular flexibility index (Phi) is 7.84. The monoisotopic (exact) mass is 496 g/mol. The zero-order chi connectivity index (χ0) is 25.5. The molecular formula is C29H25ClN4O2. The second-order valence-corrected chi connectivity index (χ2v) is 8.60. The van der Waals surface area contributed by atoms with E-state index in [4.69, 9.17) is 21.4 Å². The quantitative estimate of drug-likeness (QED) is 0.227. The molecule has 0 unspecified atom stereocenters. The summed E-state index contributed by atoms with van der Waals surface area (Å²) >= 11 is 6.02. The molecule has 1 N–H and O–H groups in total. The van der Waals surface area contributed by atoms with Gasteiger partial charge >= 0.3 is 0 Å². The minimum absolute atomic E-state index is 0.0182. The first-order chi connectivity index (χ1) is 17.5. The van der Waals surface area contributed by atoms with E-state index in [2.05, 4.69) is 12.2 Å². The minimum atomic E-state index is -0.479. The third kappa shape index (κ3) is 6.01. The molecule has 0 aliphatic carbocycles. The lowest BCUT2D eigenvalue weighted by Gasteiger charge is -2.06. The lowest BCUT2D eigenvalue weighted by Crippen LogP contribution is -2.13. The maximum absolute atomic E-state index is 12.9. The van der Waals surface area contributed by atoms with Gasteiger partial charge in [-0.3, -0.25) is 9.48 Å². The number of benzene rings is 3. The minimum Gasteiger partial charge on any atom is -0.497 e. The number of methoxy groups -OCH3 is 1. The smallest absolute Gasteiger partial charge is 0.266 e. The standard InChI is InChI=1S/C29H25ClN4O2/c1-3-20-6-12-26(13-7-20)32-29(35)23(17-31)16-24-19-34(18-21-4-10-25(30)11-5-21)33-28(24)22-8-14-27(36-2)15-9-22/h4-16,19H,3,18H2,1-2H3,(H,32,35)/b23-16+. The Morgan fingerprint density at radius 2 is 1.72 bits per heavy atom. The summed E-state index contributed by atoms with van der Waals surface area (Å²) in [6.45, 7) is 2.57. The van der Waals surface area contributed by atoms with Gasteiger partial charge in [-0.05, 0) is 72.2 Å². The van der Waals surface area contributed by atoms with Crippen LogP contribution in [0.25, 0.3) is 17.3 Å². The molecule has 0 aliphatic heterocycles. The van der Waals surface area contributed by atoms with Crippen molar-refractivity contribution in [1.82, 2.24) is 9.78 Å². The van der Waals surface area contributed by atoms with E-state index in [0.29, 0.717) is 28.5 Å². The molecule has 0 fully saturated rings. The van der Waals surface area contributed by atoms with Gasteiger partial charge in [-0.1, -0.05) is 42.8 Å². The number of carbonyl (C=O) groups is 1. The maximum atomic E-state index is 12.9. The summed E-state index contributed by atoms with van der Waals surface area (Å²) in [6.07, 6.45) is 4.31. The number of nitrogens with zero attached hydrogens (tertiary/aromatic N) is 3. The molecule has 180 valence electrons. The van der Waals surface area contributed by atoms with E-state index in [9.17, 15) is 10.1 Å². The van der Waals surface area contributed by atoms with Crippen LogP contribution in [0.5, 0.6) is 5.75 Å². The molecule has 0 atom stereocenters. The molecule has 1 aromatic heterocycles. The van der Waals surface area contributed by atoms with E-state index in [0.717, 1.165) is 23.3 Å². The van der Waals surface area contributed by atoms with Crippen molar-refractivity contribution in [3.05, 3.63) is 106 Å². The summed E-state index contributed by atoms with van der Waals surface area (Å²) in [5.74, 6) is 0.246. The third-order valence-electron chi connectivity index (χ3n) is 5.70. The molecule has 6 nitrogen and oxygen atoms in total. The largest absolute Gasteiger partial charge is 0.497 e. The fraction of sp³-hybridized carbons (Fsp3) is 0.138. The molecule has 7 heteroatoms. The first-order valence-corrected chi connectivity index (χ1v) is 11.8.